The van der Waals surface area contributed by atoms with Gasteiger partial charge in [0.15, 0.2) is 0 Å². The Kier molecular flexibility index (Phi) is 3.55. The summed E-state index contributed by atoms with van der Waals surface area (Å²) in [5, 5.41) is 19.7. The van der Waals surface area contributed by atoms with Gasteiger partial charge in [-0.05, 0) is 37.2 Å². The first-order valence-corrected chi connectivity index (χ1v) is 6.38. The number of fused-ring (bicyclic) bond motifs is 1. The zero-order valence-electron chi connectivity index (χ0n) is 10.4. The fourth-order valence-corrected chi connectivity index (χ4v) is 3.42. The van der Waals surface area contributed by atoms with Crippen LogP contribution in [0.25, 0.3) is 0 Å². The number of hydrogen-bond donors (Lipinski definition) is 2. The normalized spacial score (nSPS) is 37.8. The highest BCUT2D eigenvalue weighted by atomic mass is 16.3. The minimum Gasteiger partial charge on any atom is -0.392 e. The van der Waals surface area contributed by atoms with Gasteiger partial charge >= 0.3 is 0 Å². The number of allylic oxidation sites excluding steroid dienone is 1. The van der Waals surface area contributed by atoms with Crippen molar-refractivity contribution < 1.29 is 10.2 Å². The van der Waals surface area contributed by atoms with E-state index in [9.17, 15) is 10.2 Å². The molecule has 94 valence electrons. The second kappa shape index (κ2) is 4.79. The van der Waals surface area contributed by atoms with Gasteiger partial charge in [0.05, 0.1) is 12.7 Å². The smallest absolute Gasteiger partial charge is 0.0677 e. The fraction of sp³-hybridized carbons (Fsp3) is 0.600. The second-order valence-corrected chi connectivity index (χ2v) is 5.44. The van der Waals surface area contributed by atoms with Crippen LogP contribution in [0.15, 0.2) is 36.5 Å². The Bertz CT molecular complexity index is 356. The summed E-state index contributed by atoms with van der Waals surface area (Å²) in [5.74, 6) is 0.494. The third kappa shape index (κ3) is 2.12. The van der Waals surface area contributed by atoms with Crippen molar-refractivity contribution in [1.82, 2.24) is 0 Å². The first kappa shape index (κ1) is 12.6. The van der Waals surface area contributed by atoms with Crippen LogP contribution in [0.1, 0.15) is 25.7 Å². The summed E-state index contributed by atoms with van der Waals surface area (Å²) in [5.41, 5.74) is 3.12. The minimum atomic E-state index is -0.450. The lowest BCUT2D eigenvalue weighted by Gasteiger charge is -2.29. The SMILES string of the molecule is C=C(CO)C1CCC(=C)C2CCC(=C)C2C1O. The van der Waals surface area contributed by atoms with Crippen LogP contribution in [0.3, 0.4) is 0 Å². The standard InChI is InChI=1S/C15H22O2/c1-9-4-7-13(11(3)8-16)15(17)14-10(2)5-6-12(9)14/h12-17H,1-8H2. The summed E-state index contributed by atoms with van der Waals surface area (Å²) in [6, 6.07) is 0. The summed E-state index contributed by atoms with van der Waals surface area (Å²) >= 11 is 0. The lowest BCUT2D eigenvalue weighted by molar-refractivity contribution is 0.0691. The van der Waals surface area contributed by atoms with E-state index in [0.717, 1.165) is 36.8 Å². The van der Waals surface area contributed by atoms with Crippen LogP contribution in [-0.4, -0.2) is 22.9 Å². The van der Waals surface area contributed by atoms with E-state index in [1.807, 2.05) is 0 Å². The summed E-state index contributed by atoms with van der Waals surface area (Å²) in [6.45, 7) is 12.1. The van der Waals surface area contributed by atoms with E-state index < -0.39 is 6.10 Å². The van der Waals surface area contributed by atoms with Crippen LogP contribution in [0.5, 0.6) is 0 Å². The molecule has 2 rings (SSSR count). The van der Waals surface area contributed by atoms with Crippen molar-refractivity contribution in [2.45, 2.75) is 31.8 Å². The van der Waals surface area contributed by atoms with Gasteiger partial charge in [-0.1, -0.05) is 30.9 Å². The van der Waals surface area contributed by atoms with E-state index in [0.29, 0.717) is 5.92 Å². The lowest BCUT2D eigenvalue weighted by Crippen LogP contribution is -2.32. The molecule has 0 spiro atoms. The molecule has 0 aliphatic heterocycles. The number of hydrogen-bond acceptors (Lipinski definition) is 2. The average molecular weight is 234 g/mol. The van der Waals surface area contributed by atoms with Gasteiger partial charge in [-0.15, -0.1) is 0 Å². The molecule has 4 unspecified atom stereocenters. The molecule has 0 amide bonds. The Morgan fingerprint density at radius 2 is 1.82 bits per heavy atom. The molecular weight excluding hydrogens is 212 g/mol. The molecule has 2 nitrogen and oxygen atoms in total. The van der Waals surface area contributed by atoms with E-state index in [1.54, 1.807) is 0 Å². The molecule has 0 radical (unpaired) electrons. The van der Waals surface area contributed by atoms with Gasteiger partial charge in [0.2, 0.25) is 0 Å². The molecule has 0 heterocycles. The van der Waals surface area contributed by atoms with Crippen molar-refractivity contribution >= 4 is 0 Å². The summed E-state index contributed by atoms with van der Waals surface area (Å²) in [4.78, 5) is 0. The zero-order valence-corrected chi connectivity index (χ0v) is 10.4. The van der Waals surface area contributed by atoms with E-state index >= 15 is 0 Å². The third-order valence-corrected chi connectivity index (χ3v) is 4.49. The van der Waals surface area contributed by atoms with Gasteiger partial charge < -0.3 is 10.2 Å². The van der Waals surface area contributed by atoms with E-state index in [4.69, 9.17) is 0 Å². The Labute approximate surface area is 103 Å². The average Bonchev–Trinajstić information content (AvgIpc) is 2.64. The van der Waals surface area contributed by atoms with Crippen molar-refractivity contribution in [2.75, 3.05) is 6.61 Å². The lowest BCUT2D eigenvalue weighted by atomic mass is 9.80. The Hall–Kier alpha value is -0.860. The highest BCUT2D eigenvalue weighted by Gasteiger charge is 2.42. The first-order chi connectivity index (χ1) is 8.06. The molecule has 0 aromatic carbocycles. The highest BCUT2D eigenvalue weighted by molar-refractivity contribution is 5.24. The molecule has 4 atom stereocenters. The van der Waals surface area contributed by atoms with E-state index in [2.05, 4.69) is 19.7 Å². The van der Waals surface area contributed by atoms with Crippen LogP contribution in [-0.2, 0) is 0 Å². The van der Waals surface area contributed by atoms with Crippen LogP contribution in [0.2, 0.25) is 0 Å². The monoisotopic (exact) mass is 234 g/mol. The quantitative estimate of drug-likeness (QED) is 0.720. The predicted octanol–water partition coefficient (Wildman–Crippen LogP) is 2.44. The van der Waals surface area contributed by atoms with Gasteiger partial charge in [0.1, 0.15) is 0 Å². The van der Waals surface area contributed by atoms with Crippen molar-refractivity contribution in [3.05, 3.63) is 36.5 Å². The van der Waals surface area contributed by atoms with Crippen molar-refractivity contribution in [1.29, 1.82) is 0 Å². The summed E-state index contributed by atoms with van der Waals surface area (Å²) in [6.07, 6.45) is 3.38. The van der Waals surface area contributed by atoms with Crippen molar-refractivity contribution in [2.24, 2.45) is 17.8 Å². The Balaban J connectivity index is 2.28. The summed E-state index contributed by atoms with van der Waals surface area (Å²) < 4.78 is 0. The maximum absolute atomic E-state index is 10.5. The fourth-order valence-electron chi connectivity index (χ4n) is 3.42. The molecule has 2 aliphatic carbocycles. The molecule has 0 aromatic rings. The molecule has 2 heteroatoms. The van der Waals surface area contributed by atoms with Gasteiger partial charge in [-0.3, -0.25) is 0 Å². The van der Waals surface area contributed by atoms with Gasteiger partial charge in [0, 0.05) is 11.8 Å². The third-order valence-electron chi connectivity index (χ3n) is 4.49. The number of aliphatic hydroxyl groups excluding tert-OH is 2. The van der Waals surface area contributed by atoms with Crippen molar-refractivity contribution in [3.8, 4) is 0 Å². The molecule has 2 saturated carbocycles. The van der Waals surface area contributed by atoms with Crippen molar-refractivity contribution in [3.63, 3.8) is 0 Å². The van der Waals surface area contributed by atoms with E-state index in [-0.39, 0.29) is 18.4 Å². The molecule has 0 saturated heterocycles. The molecule has 17 heavy (non-hydrogen) atoms. The molecule has 2 aliphatic rings. The predicted molar refractivity (Wildman–Crippen MR) is 69.5 cm³/mol. The molecule has 2 fully saturated rings. The topological polar surface area (TPSA) is 40.5 Å². The largest absolute Gasteiger partial charge is 0.392 e. The van der Waals surface area contributed by atoms with E-state index in [1.165, 1.54) is 5.57 Å². The van der Waals surface area contributed by atoms with Crippen LogP contribution in [0, 0.1) is 17.8 Å². The maximum Gasteiger partial charge on any atom is 0.0677 e. The van der Waals surface area contributed by atoms with Gasteiger partial charge in [-0.2, -0.15) is 0 Å². The van der Waals surface area contributed by atoms with Crippen LogP contribution >= 0.6 is 0 Å². The zero-order chi connectivity index (χ0) is 12.6. The number of rotatable bonds is 2. The van der Waals surface area contributed by atoms with Crippen LogP contribution < -0.4 is 0 Å². The van der Waals surface area contributed by atoms with Gasteiger partial charge in [0.25, 0.3) is 0 Å². The number of aliphatic hydroxyl groups is 2. The summed E-state index contributed by atoms with van der Waals surface area (Å²) in [7, 11) is 0. The Morgan fingerprint density at radius 1 is 1.18 bits per heavy atom. The molecule has 0 bridgehead atoms. The van der Waals surface area contributed by atoms with Crippen LogP contribution in [0.4, 0.5) is 0 Å². The van der Waals surface area contributed by atoms with Gasteiger partial charge in [-0.25, -0.2) is 0 Å². The second-order valence-electron chi connectivity index (χ2n) is 5.44. The highest BCUT2D eigenvalue weighted by Crippen LogP contribution is 2.48. The first-order valence-electron chi connectivity index (χ1n) is 6.38. The molecule has 2 N–H and O–H groups in total. The molecular formula is C15H22O2. The maximum atomic E-state index is 10.5. The Morgan fingerprint density at radius 3 is 2.47 bits per heavy atom. The molecule has 0 aromatic heterocycles. The minimum absolute atomic E-state index is 0.0124.